The summed E-state index contributed by atoms with van der Waals surface area (Å²) in [6.07, 6.45) is 4.49. The number of rotatable bonds is 7. The highest BCUT2D eigenvalue weighted by Gasteiger charge is 2.20. The molecule has 5 nitrogen and oxygen atoms in total. The second-order valence-electron chi connectivity index (χ2n) is 6.85. The van der Waals surface area contributed by atoms with Crippen molar-refractivity contribution < 1.29 is 19.4 Å². The molecule has 2 N–H and O–H groups in total. The molecule has 1 aliphatic rings. The Labute approximate surface area is 173 Å². The van der Waals surface area contributed by atoms with Crippen molar-refractivity contribution in [2.75, 3.05) is 0 Å². The number of carbonyl (C=O) groups excluding carboxylic acids is 1. The van der Waals surface area contributed by atoms with Crippen molar-refractivity contribution in [2.24, 2.45) is 0 Å². The average Bonchev–Trinajstić information content (AvgIpc) is 3.16. The lowest BCUT2D eigenvalue weighted by Crippen LogP contribution is -2.30. The number of nitrogens with one attached hydrogen (secondary N) is 1. The molecule has 1 saturated carbocycles. The van der Waals surface area contributed by atoms with Gasteiger partial charge in [0.2, 0.25) is 0 Å². The molecule has 7 heteroatoms. The zero-order valence-corrected chi connectivity index (χ0v) is 16.7. The summed E-state index contributed by atoms with van der Waals surface area (Å²) in [7, 11) is 0. The molecule has 0 bridgehead atoms. The van der Waals surface area contributed by atoms with Crippen LogP contribution in [0.2, 0.25) is 10.0 Å². The smallest absolute Gasteiger partial charge is 0.305 e. The number of ether oxygens (including phenoxy) is 1. The Kier molecular flexibility index (Phi) is 6.81. The van der Waals surface area contributed by atoms with Crippen LogP contribution in [0, 0.1) is 0 Å². The van der Waals surface area contributed by atoms with Crippen LogP contribution in [0.3, 0.4) is 0 Å². The molecule has 1 aliphatic carbocycles. The number of halogens is 2. The van der Waals surface area contributed by atoms with E-state index in [1.807, 2.05) is 12.1 Å². The van der Waals surface area contributed by atoms with E-state index in [0.29, 0.717) is 16.1 Å². The molecule has 2 aromatic carbocycles. The fraction of sp³-hybridized carbons (Fsp3) is 0.333. The fourth-order valence-electron chi connectivity index (χ4n) is 3.28. The van der Waals surface area contributed by atoms with Gasteiger partial charge in [-0.25, -0.2) is 0 Å². The minimum absolute atomic E-state index is 0.240. The molecular weight excluding hydrogens is 401 g/mol. The van der Waals surface area contributed by atoms with Crippen LogP contribution in [0.4, 0.5) is 0 Å². The van der Waals surface area contributed by atoms with Gasteiger partial charge in [-0.05, 0) is 61.6 Å². The predicted octanol–water partition coefficient (Wildman–Crippen LogP) is 5.26. The van der Waals surface area contributed by atoms with E-state index in [-0.39, 0.29) is 17.5 Å². The minimum Gasteiger partial charge on any atom is -0.490 e. The minimum atomic E-state index is -1.01. The molecule has 0 radical (unpaired) electrons. The third kappa shape index (κ3) is 5.40. The number of aliphatic carboxylic acids is 1. The van der Waals surface area contributed by atoms with Crippen molar-refractivity contribution in [2.45, 2.75) is 44.2 Å². The highest BCUT2D eigenvalue weighted by Crippen LogP contribution is 2.27. The summed E-state index contributed by atoms with van der Waals surface area (Å²) in [5.41, 5.74) is 1.00. The van der Waals surface area contributed by atoms with Crippen molar-refractivity contribution in [1.82, 2.24) is 5.32 Å². The van der Waals surface area contributed by atoms with Crippen LogP contribution in [0.1, 0.15) is 54.1 Å². The zero-order valence-electron chi connectivity index (χ0n) is 15.2. The summed E-state index contributed by atoms with van der Waals surface area (Å²) in [6, 6.07) is 11.0. The molecule has 3 rings (SSSR count). The topological polar surface area (TPSA) is 75.6 Å². The van der Waals surface area contributed by atoms with Gasteiger partial charge < -0.3 is 15.2 Å². The zero-order chi connectivity index (χ0) is 20.1. The first-order chi connectivity index (χ1) is 13.4. The Morgan fingerprint density at radius 2 is 1.75 bits per heavy atom. The van der Waals surface area contributed by atoms with Crippen molar-refractivity contribution in [3.63, 3.8) is 0 Å². The van der Waals surface area contributed by atoms with Crippen molar-refractivity contribution in [3.8, 4) is 5.75 Å². The molecular formula is C21H21Cl2NO4. The van der Waals surface area contributed by atoms with Crippen LogP contribution in [0.5, 0.6) is 5.75 Å². The molecule has 0 unspecified atom stereocenters. The van der Waals surface area contributed by atoms with E-state index in [1.54, 1.807) is 18.2 Å². The summed E-state index contributed by atoms with van der Waals surface area (Å²) in [4.78, 5) is 23.8. The van der Waals surface area contributed by atoms with Gasteiger partial charge in [-0.3, -0.25) is 9.59 Å². The van der Waals surface area contributed by atoms with E-state index in [2.05, 4.69) is 5.32 Å². The second kappa shape index (κ2) is 9.30. The summed E-state index contributed by atoms with van der Waals surface area (Å²) >= 11 is 11.8. The summed E-state index contributed by atoms with van der Waals surface area (Å²) in [6.45, 7) is 0. The van der Waals surface area contributed by atoms with Crippen LogP contribution < -0.4 is 10.1 Å². The van der Waals surface area contributed by atoms with Gasteiger partial charge in [0.25, 0.3) is 5.91 Å². The van der Waals surface area contributed by atoms with Gasteiger partial charge in [-0.15, -0.1) is 0 Å². The second-order valence-corrected chi connectivity index (χ2v) is 7.66. The number of hydrogen-bond acceptors (Lipinski definition) is 3. The first kappa shape index (κ1) is 20.5. The third-order valence-corrected chi connectivity index (χ3v) is 5.49. The Morgan fingerprint density at radius 3 is 2.36 bits per heavy atom. The van der Waals surface area contributed by atoms with Gasteiger partial charge in [0.15, 0.2) is 0 Å². The predicted molar refractivity (Wildman–Crippen MR) is 108 cm³/mol. The summed E-state index contributed by atoms with van der Waals surface area (Å²) < 4.78 is 5.94. The fourth-order valence-corrected chi connectivity index (χ4v) is 3.58. The molecule has 2 aromatic rings. The lowest BCUT2D eigenvalue weighted by atomic mass is 10.0. The van der Waals surface area contributed by atoms with Crippen molar-refractivity contribution in [1.29, 1.82) is 0 Å². The number of benzene rings is 2. The van der Waals surface area contributed by atoms with Crippen LogP contribution in [-0.4, -0.2) is 23.1 Å². The lowest BCUT2D eigenvalue weighted by molar-refractivity contribution is -0.137. The molecule has 0 spiro atoms. The first-order valence-electron chi connectivity index (χ1n) is 9.16. The standard InChI is InChI=1S/C21H21Cl2NO4/c22-17-10-7-14(11-18(17)23)21(27)24-19(12-20(25)26)13-5-8-16(9-6-13)28-15-3-1-2-4-15/h5-11,15,19H,1-4,12H2,(H,24,27)(H,25,26)/t19-/m1/s1. The molecule has 0 heterocycles. The Bertz CT molecular complexity index is 848. The van der Waals surface area contributed by atoms with Crippen LogP contribution in [0.15, 0.2) is 42.5 Å². The Morgan fingerprint density at radius 1 is 1.07 bits per heavy atom. The van der Waals surface area contributed by atoms with Gasteiger partial charge >= 0.3 is 5.97 Å². The quantitative estimate of drug-likeness (QED) is 0.638. The molecule has 0 saturated heterocycles. The molecule has 148 valence electrons. The van der Waals surface area contributed by atoms with E-state index in [0.717, 1.165) is 18.6 Å². The molecule has 0 aliphatic heterocycles. The van der Waals surface area contributed by atoms with Crippen molar-refractivity contribution >= 4 is 35.1 Å². The molecule has 1 fully saturated rings. The number of carboxylic acids is 1. The van der Waals surface area contributed by atoms with Gasteiger partial charge in [-0.1, -0.05) is 35.3 Å². The van der Waals surface area contributed by atoms with E-state index < -0.39 is 17.9 Å². The molecule has 0 aromatic heterocycles. The van der Waals surface area contributed by atoms with E-state index >= 15 is 0 Å². The van der Waals surface area contributed by atoms with Crippen molar-refractivity contribution in [3.05, 3.63) is 63.6 Å². The Hall–Kier alpha value is -2.24. The van der Waals surface area contributed by atoms with Gasteiger partial charge in [0.1, 0.15) is 5.75 Å². The molecule has 1 amide bonds. The van der Waals surface area contributed by atoms with Crippen LogP contribution >= 0.6 is 23.2 Å². The first-order valence-corrected chi connectivity index (χ1v) is 9.92. The van der Waals surface area contributed by atoms with E-state index in [4.69, 9.17) is 27.9 Å². The SMILES string of the molecule is O=C(O)C[C@@H](NC(=O)c1ccc(Cl)c(Cl)c1)c1ccc(OC2CCCC2)cc1. The van der Waals surface area contributed by atoms with Gasteiger partial charge in [-0.2, -0.15) is 0 Å². The lowest BCUT2D eigenvalue weighted by Gasteiger charge is -2.19. The van der Waals surface area contributed by atoms with Gasteiger partial charge in [0, 0.05) is 5.56 Å². The van der Waals surface area contributed by atoms with Crippen LogP contribution in [-0.2, 0) is 4.79 Å². The highest BCUT2D eigenvalue weighted by molar-refractivity contribution is 6.42. The number of amides is 1. The monoisotopic (exact) mass is 421 g/mol. The van der Waals surface area contributed by atoms with E-state index in [1.165, 1.54) is 25.0 Å². The normalized spacial score (nSPS) is 15.2. The maximum atomic E-state index is 12.5. The highest BCUT2D eigenvalue weighted by atomic mass is 35.5. The summed E-state index contributed by atoms with van der Waals surface area (Å²) in [5, 5.41) is 12.6. The van der Waals surface area contributed by atoms with E-state index in [9.17, 15) is 14.7 Å². The third-order valence-electron chi connectivity index (χ3n) is 4.75. The average molecular weight is 422 g/mol. The Balaban J connectivity index is 1.72. The maximum Gasteiger partial charge on any atom is 0.305 e. The number of hydrogen-bond donors (Lipinski definition) is 2. The number of carboxylic acid groups (broad SMARTS) is 1. The van der Waals surface area contributed by atoms with Gasteiger partial charge in [0.05, 0.1) is 28.6 Å². The molecule has 1 atom stereocenters. The van der Waals surface area contributed by atoms with Crippen LogP contribution in [0.25, 0.3) is 0 Å². The number of carbonyl (C=O) groups is 2. The largest absolute Gasteiger partial charge is 0.490 e. The summed E-state index contributed by atoms with van der Waals surface area (Å²) in [5.74, 6) is -0.678. The molecule has 28 heavy (non-hydrogen) atoms. The maximum absolute atomic E-state index is 12.5.